The molecule has 1 fully saturated rings. The molecule has 0 aliphatic carbocycles. The van der Waals surface area contributed by atoms with Gasteiger partial charge in [-0.1, -0.05) is 30.2 Å². The largest absolute Gasteiger partial charge is 0.464 e. The first kappa shape index (κ1) is 21.7. The monoisotopic (exact) mass is 465 g/mol. The van der Waals surface area contributed by atoms with E-state index in [9.17, 15) is 9.59 Å². The highest BCUT2D eigenvalue weighted by molar-refractivity contribution is 6.30. The van der Waals surface area contributed by atoms with Crippen LogP contribution < -0.4 is 5.56 Å². The molecule has 8 heteroatoms. The van der Waals surface area contributed by atoms with Crippen molar-refractivity contribution in [2.45, 2.75) is 31.7 Å². The molecule has 1 saturated heterocycles. The quantitative estimate of drug-likeness (QED) is 0.409. The second kappa shape index (κ2) is 9.00. The van der Waals surface area contributed by atoms with Gasteiger partial charge in [0.2, 0.25) is 0 Å². The molecule has 5 rings (SSSR count). The van der Waals surface area contributed by atoms with E-state index < -0.39 is 5.97 Å². The van der Waals surface area contributed by atoms with Gasteiger partial charge in [-0.15, -0.1) is 0 Å². The zero-order chi connectivity index (χ0) is 22.9. The highest BCUT2D eigenvalue weighted by Gasteiger charge is 2.27. The van der Waals surface area contributed by atoms with Gasteiger partial charge in [0.1, 0.15) is 35.6 Å². The minimum absolute atomic E-state index is 0.140. The molecule has 3 aliphatic heterocycles. The summed E-state index contributed by atoms with van der Waals surface area (Å²) < 4.78 is 12.9. The van der Waals surface area contributed by atoms with E-state index in [1.54, 1.807) is 30.3 Å². The summed E-state index contributed by atoms with van der Waals surface area (Å²) >= 11 is 6.00. The number of hydrogen-bond acceptors (Lipinski definition) is 6. The van der Waals surface area contributed by atoms with Gasteiger partial charge in [-0.2, -0.15) is 9.78 Å². The van der Waals surface area contributed by atoms with Gasteiger partial charge in [0.05, 0.1) is 5.69 Å². The van der Waals surface area contributed by atoms with Crippen LogP contribution in [0.1, 0.15) is 25.0 Å². The number of aromatic nitrogens is 2. The van der Waals surface area contributed by atoms with Gasteiger partial charge in [-0.05, 0) is 62.8 Å². The number of ether oxygens (including phenoxy) is 1. The number of esters is 1. The van der Waals surface area contributed by atoms with Crippen LogP contribution in [-0.4, -0.2) is 46.9 Å². The van der Waals surface area contributed by atoms with Crippen molar-refractivity contribution in [3.63, 3.8) is 0 Å². The number of likely N-dealkylation sites (tertiary alicyclic amines) is 1. The molecular formula is C25H24ClN3O4. The van der Waals surface area contributed by atoms with Crippen molar-refractivity contribution in [1.29, 1.82) is 0 Å². The second-order valence-electron chi connectivity index (χ2n) is 8.43. The normalized spacial score (nSPS) is 17.0. The van der Waals surface area contributed by atoms with Crippen LogP contribution in [0.5, 0.6) is 0 Å². The van der Waals surface area contributed by atoms with Gasteiger partial charge >= 0.3 is 5.97 Å². The molecule has 7 nitrogen and oxygen atoms in total. The Morgan fingerprint density at radius 2 is 1.97 bits per heavy atom. The lowest BCUT2D eigenvalue weighted by Crippen LogP contribution is -2.40. The number of carbonyl (C=O) groups is 1. The number of benzene rings is 2. The fourth-order valence-corrected chi connectivity index (χ4v) is 4.51. The number of fused-ring (bicyclic) bond motifs is 3. The number of piperidine rings is 1. The summed E-state index contributed by atoms with van der Waals surface area (Å²) in [4.78, 5) is 28.3. The molecular weight excluding hydrogens is 442 g/mol. The lowest BCUT2D eigenvalue weighted by Gasteiger charge is -2.31. The molecule has 3 aliphatic rings. The van der Waals surface area contributed by atoms with Crippen molar-refractivity contribution in [3.8, 4) is 16.9 Å². The number of nitrogens with zero attached hydrogens (tertiary/aromatic N) is 3. The maximum atomic E-state index is 13.4. The first-order valence-electron chi connectivity index (χ1n) is 11.1. The minimum atomic E-state index is -0.423. The Bertz CT molecular complexity index is 1330. The molecule has 170 valence electrons. The molecule has 0 spiro atoms. The van der Waals surface area contributed by atoms with Crippen molar-refractivity contribution in [2.75, 3.05) is 20.2 Å². The minimum Gasteiger partial charge on any atom is -0.464 e. The molecule has 0 aromatic heterocycles. The summed E-state index contributed by atoms with van der Waals surface area (Å²) in [5.74, 6) is -0.163. The van der Waals surface area contributed by atoms with E-state index in [2.05, 4.69) is 17.0 Å². The number of rotatable bonds is 5. The van der Waals surface area contributed by atoms with Gasteiger partial charge in [0.25, 0.3) is 5.56 Å². The lowest BCUT2D eigenvalue weighted by molar-refractivity contribution is -0.145. The maximum Gasteiger partial charge on any atom is 0.313 e. The molecule has 0 radical (unpaired) electrons. The molecule has 2 aromatic carbocycles. The van der Waals surface area contributed by atoms with E-state index in [1.807, 2.05) is 18.2 Å². The fraction of sp³-hybridized carbons (Fsp3) is 0.320. The van der Waals surface area contributed by atoms with E-state index in [-0.39, 0.29) is 29.3 Å². The standard InChI is InChI=1S/C25H24ClN3O4/c1-28-13-5-4-6-18(28)15-32-22(30)14-21-23-24(19-7-2-3-8-20(19)33-21)27-29(25(23)31)17-11-9-16(26)10-12-17/h2-3,7-12,18H,4-6,13-15H2,1H3. The van der Waals surface area contributed by atoms with E-state index in [0.717, 1.165) is 19.4 Å². The van der Waals surface area contributed by atoms with Crippen LogP contribution in [0.3, 0.4) is 0 Å². The predicted octanol–water partition coefficient (Wildman–Crippen LogP) is 4.31. The van der Waals surface area contributed by atoms with Crippen LogP contribution in [0.2, 0.25) is 5.02 Å². The number of para-hydroxylation sites is 1. The lowest BCUT2D eigenvalue weighted by atomic mass is 10.0. The number of carbonyl (C=O) groups excluding carboxylic acids is 1. The van der Waals surface area contributed by atoms with Crippen LogP contribution in [0.25, 0.3) is 27.9 Å². The molecule has 0 N–H and O–H groups in total. The molecule has 1 unspecified atom stereocenters. The Hall–Kier alpha value is -3.16. The Balaban J connectivity index is 1.50. The third-order valence-corrected chi connectivity index (χ3v) is 6.48. The highest BCUT2D eigenvalue weighted by atomic mass is 35.5. The second-order valence-corrected chi connectivity index (χ2v) is 8.86. The third-order valence-electron chi connectivity index (χ3n) is 6.23. The summed E-state index contributed by atoms with van der Waals surface area (Å²) in [7, 11) is 2.05. The van der Waals surface area contributed by atoms with Gasteiger partial charge in [0, 0.05) is 16.5 Å². The van der Waals surface area contributed by atoms with Crippen LogP contribution in [0, 0.1) is 0 Å². The molecule has 1 atom stereocenters. The maximum absolute atomic E-state index is 13.4. The molecule has 0 saturated carbocycles. The number of likely N-dealkylation sites (N-methyl/N-ethyl adjacent to an activating group) is 1. The van der Waals surface area contributed by atoms with Crippen LogP contribution in [0.15, 0.2) is 57.7 Å². The van der Waals surface area contributed by atoms with Crippen molar-refractivity contribution in [2.24, 2.45) is 0 Å². The zero-order valence-corrected chi connectivity index (χ0v) is 19.0. The SMILES string of the molecule is CN1CCCCC1COC(=O)Cc1oc2ccccc2c2nn(-c3ccc(Cl)cc3)c(=O)c1-2. The Kier molecular flexibility index (Phi) is 5.91. The summed E-state index contributed by atoms with van der Waals surface area (Å²) in [6.07, 6.45) is 3.17. The smallest absolute Gasteiger partial charge is 0.313 e. The summed E-state index contributed by atoms with van der Waals surface area (Å²) in [5.41, 5.74) is 1.57. The molecule has 2 aromatic rings. The van der Waals surface area contributed by atoms with Gasteiger partial charge < -0.3 is 14.1 Å². The highest BCUT2D eigenvalue weighted by Crippen LogP contribution is 2.32. The van der Waals surface area contributed by atoms with Crippen molar-refractivity contribution in [1.82, 2.24) is 14.7 Å². The van der Waals surface area contributed by atoms with E-state index in [4.69, 9.17) is 20.8 Å². The van der Waals surface area contributed by atoms with Gasteiger partial charge in [-0.3, -0.25) is 9.59 Å². The number of hydrogen-bond donors (Lipinski definition) is 0. The fourth-order valence-electron chi connectivity index (χ4n) is 4.39. The molecule has 3 heterocycles. The Labute approximate surface area is 195 Å². The van der Waals surface area contributed by atoms with E-state index in [1.165, 1.54) is 11.1 Å². The number of halogens is 1. The predicted molar refractivity (Wildman–Crippen MR) is 126 cm³/mol. The van der Waals surface area contributed by atoms with Crippen LogP contribution in [-0.2, 0) is 16.0 Å². The van der Waals surface area contributed by atoms with Gasteiger partial charge in [-0.25, -0.2) is 0 Å². The van der Waals surface area contributed by atoms with Crippen molar-refractivity contribution in [3.05, 3.63) is 69.7 Å². The Morgan fingerprint density at radius 3 is 2.76 bits per heavy atom. The van der Waals surface area contributed by atoms with Gasteiger partial charge in [0.15, 0.2) is 0 Å². The third kappa shape index (κ3) is 4.26. The topological polar surface area (TPSA) is 77.6 Å². The summed E-state index contributed by atoms with van der Waals surface area (Å²) in [6, 6.07) is 14.4. The summed E-state index contributed by atoms with van der Waals surface area (Å²) in [5, 5.41) is 5.85. The summed E-state index contributed by atoms with van der Waals surface area (Å²) in [6.45, 7) is 1.34. The van der Waals surface area contributed by atoms with Crippen molar-refractivity contribution >= 4 is 28.5 Å². The molecule has 33 heavy (non-hydrogen) atoms. The van der Waals surface area contributed by atoms with Crippen LogP contribution in [0.4, 0.5) is 0 Å². The first-order chi connectivity index (χ1) is 16.0. The van der Waals surface area contributed by atoms with E-state index >= 15 is 0 Å². The average molecular weight is 466 g/mol. The first-order valence-corrected chi connectivity index (χ1v) is 11.4. The molecule has 0 bridgehead atoms. The Morgan fingerprint density at radius 1 is 1.18 bits per heavy atom. The van der Waals surface area contributed by atoms with E-state index in [0.29, 0.717) is 34.0 Å². The zero-order valence-electron chi connectivity index (χ0n) is 18.3. The van der Waals surface area contributed by atoms with Crippen molar-refractivity contribution < 1.29 is 13.9 Å². The average Bonchev–Trinajstić information content (AvgIpc) is 3.17. The molecule has 0 amide bonds. The van der Waals surface area contributed by atoms with Crippen LogP contribution >= 0.6 is 11.6 Å².